The van der Waals surface area contributed by atoms with Gasteiger partial charge in [0.15, 0.2) is 5.13 Å². The molecule has 2 rings (SSSR count). The highest BCUT2D eigenvalue weighted by molar-refractivity contribution is 7.14. The zero-order valence-electron chi connectivity index (χ0n) is 22.3. The van der Waals surface area contributed by atoms with Crippen molar-refractivity contribution in [2.45, 2.75) is 39.0 Å². The number of aliphatic carboxylic acids is 2. The summed E-state index contributed by atoms with van der Waals surface area (Å²) in [5.41, 5.74) is 0.904. The van der Waals surface area contributed by atoms with Gasteiger partial charge >= 0.3 is 24.1 Å². The highest BCUT2D eigenvalue weighted by atomic mass is 32.1. The molecule has 0 aliphatic rings. The summed E-state index contributed by atoms with van der Waals surface area (Å²) in [6.07, 6.45) is -5.68. The number of alkyl halides is 3. The van der Waals surface area contributed by atoms with E-state index in [9.17, 15) is 37.1 Å². The van der Waals surface area contributed by atoms with Gasteiger partial charge in [-0.15, -0.1) is 11.3 Å². The Morgan fingerprint density at radius 1 is 0.976 bits per heavy atom. The van der Waals surface area contributed by atoms with E-state index < -0.39 is 60.9 Å². The molecule has 1 heterocycles. The molecule has 5 amide bonds. The van der Waals surface area contributed by atoms with Crippen LogP contribution < -0.4 is 26.6 Å². The zero-order valence-corrected chi connectivity index (χ0v) is 23.1. The molecule has 14 nitrogen and oxygen atoms in total. The van der Waals surface area contributed by atoms with Gasteiger partial charge in [0, 0.05) is 18.5 Å². The first-order chi connectivity index (χ1) is 19.6. The van der Waals surface area contributed by atoms with Crippen molar-refractivity contribution in [3.05, 3.63) is 47.0 Å². The van der Waals surface area contributed by atoms with E-state index in [1.165, 1.54) is 5.38 Å². The average molecular weight is 619 g/mol. The maximum atomic E-state index is 12.3. The molecule has 7 N–H and O–H groups in total. The average Bonchev–Trinajstić information content (AvgIpc) is 3.37. The lowest BCUT2D eigenvalue weighted by Gasteiger charge is -2.17. The van der Waals surface area contributed by atoms with Crippen molar-refractivity contribution in [2.75, 3.05) is 18.4 Å². The molecule has 0 aliphatic heterocycles. The highest BCUT2D eigenvalue weighted by Crippen LogP contribution is 2.15. The first-order valence-corrected chi connectivity index (χ1v) is 12.9. The van der Waals surface area contributed by atoms with Gasteiger partial charge in [0.05, 0.1) is 13.0 Å². The number of nitrogens with one attached hydrogen (secondary N) is 5. The predicted octanol–water partition coefficient (Wildman–Crippen LogP) is 1.56. The standard InChI is InChI=1S/C22H28N6O6S.C2HF3O2/c1-13(2)9-23-19(32)15(8-18(30)31)26-17(29)11-24-20(33)16-12-35-22(27-16)28-21(34)25-10-14-6-4-3-5-7-14;3-2(4,5)1(6)7/h3-7,12-13,15H,8-11H2,1-2H3,(H,23,32)(H,24,33)(H,26,29)(H,30,31)(H2,25,27,28,34);(H,6,7)/t15-;/m0./s1. The Balaban J connectivity index is 0.00000112. The van der Waals surface area contributed by atoms with Crippen LogP contribution in [-0.2, 0) is 25.7 Å². The molecule has 0 radical (unpaired) electrons. The van der Waals surface area contributed by atoms with Crippen molar-refractivity contribution in [3.8, 4) is 0 Å². The number of anilines is 1. The normalized spacial score (nSPS) is 11.3. The number of carboxylic acid groups (broad SMARTS) is 2. The van der Waals surface area contributed by atoms with Crippen molar-refractivity contribution in [1.29, 1.82) is 0 Å². The van der Waals surface area contributed by atoms with Crippen LogP contribution in [0, 0.1) is 5.92 Å². The van der Waals surface area contributed by atoms with Crippen molar-refractivity contribution < 1.29 is 52.2 Å². The third-order valence-corrected chi connectivity index (χ3v) is 5.38. The van der Waals surface area contributed by atoms with E-state index in [0.717, 1.165) is 16.9 Å². The number of halogens is 3. The third kappa shape index (κ3) is 14.6. The molecule has 2 aromatic rings. The lowest BCUT2D eigenvalue weighted by molar-refractivity contribution is -0.192. The van der Waals surface area contributed by atoms with Crippen molar-refractivity contribution in [2.24, 2.45) is 5.92 Å². The fraction of sp³-hybridized carbons (Fsp3) is 0.375. The monoisotopic (exact) mass is 618 g/mol. The van der Waals surface area contributed by atoms with Gasteiger partial charge < -0.3 is 31.5 Å². The maximum Gasteiger partial charge on any atom is 0.490 e. The molecule has 0 spiro atoms. The maximum absolute atomic E-state index is 12.3. The van der Waals surface area contributed by atoms with Crippen LogP contribution in [0.2, 0.25) is 0 Å². The second-order valence-electron chi connectivity index (χ2n) is 8.67. The number of aromatic nitrogens is 1. The first kappa shape index (κ1) is 35.3. The van der Waals surface area contributed by atoms with Gasteiger partial charge in [-0.2, -0.15) is 13.2 Å². The molecule has 18 heteroatoms. The van der Waals surface area contributed by atoms with Crippen molar-refractivity contribution in [3.63, 3.8) is 0 Å². The predicted molar refractivity (Wildman–Crippen MR) is 142 cm³/mol. The number of benzene rings is 1. The third-order valence-electron chi connectivity index (χ3n) is 4.62. The van der Waals surface area contributed by atoms with Gasteiger partial charge in [-0.25, -0.2) is 14.6 Å². The van der Waals surface area contributed by atoms with Gasteiger partial charge in [-0.05, 0) is 11.5 Å². The van der Waals surface area contributed by atoms with E-state index in [2.05, 4.69) is 31.6 Å². The number of carboxylic acids is 2. The Labute approximate surface area is 241 Å². The number of carbonyl (C=O) groups is 6. The van der Waals surface area contributed by atoms with Crippen LogP contribution >= 0.6 is 11.3 Å². The minimum atomic E-state index is -5.08. The Hall–Kier alpha value is -4.74. The van der Waals surface area contributed by atoms with Crippen LogP contribution in [-0.4, -0.2) is 76.2 Å². The van der Waals surface area contributed by atoms with Gasteiger partial charge in [-0.1, -0.05) is 44.2 Å². The van der Waals surface area contributed by atoms with Crippen molar-refractivity contribution in [1.82, 2.24) is 26.3 Å². The lowest BCUT2D eigenvalue weighted by Crippen LogP contribution is -2.50. The number of thiazole rings is 1. The Morgan fingerprint density at radius 3 is 2.14 bits per heavy atom. The van der Waals surface area contributed by atoms with Crippen LogP contribution in [0.5, 0.6) is 0 Å². The summed E-state index contributed by atoms with van der Waals surface area (Å²) in [7, 11) is 0. The van der Waals surface area contributed by atoms with Crippen LogP contribution in [0.1, 0.15) is 36.3 Å². The fourth-order valence-electron chi connectivity index (χ4n) is 2.66. The molecule has 1 atom stereocenters. The lowest BCUT2D eigenvalue weighted by atomic mass is 10.1. The number of amides is 5. The number of carbonyl (C=O) groups excluding carboxylic acids is 4. The number of nitrogens with zero attached hydrogens (tertiary/aromatic N) is 1. The minimum Gasteiger partial charge on any atom is -0.481 e. The van der Waals surface area contributed by atoms with Crippen molar-refractivity contribution >= 4 is 52.2 Å². The van der Waals surface area contributed by atoms with Crippen LogP contribution in [0.3, 0.4) is 0 Å². The summed E-state index contributed by atoms with van der Waals surface area (Å²) >= 11 is 1.03. The zero-order chi connectivity index (χ0) is 31.9. The molecule has 0 aliphatic carbocycles. The highest BCUT2D eigenvalue weighted by Gasteiger charge is 2.38. The summed E-state index contributed by atoms with van der Waals surface area (Å²) < 4.78 is 31.7. The largest absolute Gasteiger partial charge is 0.490 e. The van der Waals surface area contributed by atoms with Crippen LogP contribution in [0.25, 0.3) is 0 Å². The smallest absolute Gasteiger partial charge is 0.481 e. The minimum absolute atomic E-state index is 0.0158. The van der Waals surface area contributed by atoms with E-state index in [1.54, 1.807) is 0 Å². The molecular weight excluding hydrogens is 589 g/mol. The molecule has 0 bridgehead atoms. The summed E-state index contributed by atoms with van der Waals surface area (Å²) in [6.45, 7) is 3.89. The molecular formula is C24H29F3N6O8S. The Kier molecular flexibility index (Phi) is 14.4. The molecule has 1 aromatic heterocycles. The summed E-state index contributed by atoms with van der Waals surface area (Å²) in [5, 5.41) is 30.1. The molecule has 0 unspecified atom stereocenters. The second-order valence-corrected chi connectivity index (χ2v) is 9.53. The van der Waals surface area contributed by atoms with Gasteiger partial charge in [-0.3, -0.25) is 24.5 Å². The van der Waals surface area contributed by atoms with Gasteiger partial charge in [0.1, 0.15) is 11.7 Å². The molecule has 0 saturated carbocycles. The van der Waals surface area contributed by atoms with Gasteiger partial charge in [0.2, 0.25) is 11.8 Å². The number of hydrogen-bond acceptors (Lipinski definition) is 8. The summed E-state index contributed by atoms with van der Waals surface area (Å²) in [6, 6.07) is 7.54. The van der Waals surface area contributed by atoms with Crippen LogP contribution in [0.15, 0.2) is 35.7 Å². The Morgan fingerprint density at radius 2 is 1.60 bits per heavy atom. The van der Waals surface area contributed by atoms with E-state index in [0.29, 0.717) is 13.1 Å². The topological polar surface area (TPSA) is 216 Å². The van der Waals surface area contributed by atoms with E-state index in [-0.39, 0.29) is 16.7 Å². The molecule has 1 aromatic carbocycles. The molecule has 0 saturated heterocycles. The van der Waals surface area contributed by atoms with Crippen LogP contribution in [0.4, 0.5) is 23.1 Å². The molecule has 42 heavy (non-hydrogen) atoms. The van der Waals surface area contributed by atoms with E-state index in [4.69, 9.17) is 15.0 Å². The number of rotatable bonds is 12. The van der Waals surface area contributed by atoms with E-state index >= 15 is 0 Å². The number of hydrogen-bond donors (Lipinski definition) is 7. The summed E-state index contributed by atoms with van der Waals surface area (Å²) in [5.74, 6) is -5.90. The Bertz CT molecular complexity index is 1240. The molecule has 0 fully saturated rings. The SMILES string of the molecule is CC(C)CNC(=O)[C@H](CC(=O)O)NC(=O)CNC(=O)c1csc(NC(=O)NCc2ccccc2)n1.O=C(O)C(F)(F)F. The van der Waals surface area contributed by atoms with Gasteiger partial charge in [0.25, 0.3) is 5.91 Å². The van der Waals surface area contributed by atoms with E-state index in [1.807, 2.05) is 44.2 Å². The fourth-order valence-corrected chi connectivity index (χ4v) is 3.35. The quantitative estimate of drug-likeness (QED) is 0.183. The number of urea groups is 1. The summed E-state index contributed by atoms with van der Waals surface area (Å²) in [4.78, 5) is 72.6. The first-order valence-electron chi connectivity index (χ1n) is 12.0. The second kappa shape index (κ2) is 17.2. The molecule has 230 valence electrons.